The Hall–Kier alpha value is -5.29. The summed E-state index contributed by atoms with van der Waals surface area (Å²) in [6.07, 6.45) is 0. The molecule has 0 aromatic heterocycles. The lowest BCUT2D eigenvalue weighted by Gasteiger charge is -2.20. The van der Waals surface area contributed by atoms with E-state index in [1.165, 1.54) is 22.3 Å². The van der Waals surface area contributed by atoms with Gasteiger partial charge in [-0.3, -0.25) is 0 Å². The van der Waals surface area contributed by atoms with Gasteiger partial charge in [-0.05, 0) is 92.9 Å². The van der Waals surface area contributed by atoms with Crippen LogP contribution in [0.15, 0.2) is 121 Å². The fraction of sp³-hybridized carbons (Fsp3) is 0.283. The molecule has 5 rings (SSSR count). The zero-order valence-electron chi connectivity index (χ0n) is 31.2. The minimum atomic E-state index is -1.02. The van der Waals surface area contributed by atoms with Gasteiger partial charge in [0.25, 0.3) is 0 Å². The second-order valence-corrected chi connectivity index (χ2v) is 14.9. The molecule has 0 saturated carbocycles. The maximum atomic E-state index is 11.0. The summed E-state index contributed by atoms with van der Waals surface area (Å²) in [4.78, 5) is 11.0. The van der Waals surface area contributed by atoms with E-state index >= 15 is 0 Å². The van der Waals surface area contributed by atoms with Crippen molar-refractivity contribution in [1.82, 2.24) is 0 Å². The van der Waals surface area contributed by atoms with E-state index in [1.54, 1.807) is 12.1 Å². The summed E-state index contributed by atoms with van der Waals surface area (Å²) in [7, 11) is 0. The lowest BCUT2D eigenvalue weighted by Crippen LogP contribution is -2.11. The number of ether oxygens (including phenoxy) is 3. The SMILES string of the molecule is CCOC(COc1ccc(OCC(=O)O)c(C)c1)=C(c1ccc(-c2ccc(C(C)(C)C)cc2)cc1)c1ccc(-c2ccc(C(C)(C)C)cc2)cc1. The number of aryl methyl sites for hydroxylation is 1. The molecular formula is C46H50O5. The second kappa shape index (κ2) is 15.7. The lowest BCUT2D eigenvalue weighted by molar-refractivity contribution is -0.139. The van der Waals surface area contributed by atoms with Gasteiger partial charge in [0.1, 0.15) is 23.9 Å². The highest BCUT2D eigenvalue weighted by Crippen LogP contribution is 2.34. The van der Waals surface area contributed by atoms with Gasteiger partial charge in [-0.15, -0.1) is 0 Å². The third-order valence-electron chi connectivity index (χ3n) is 8.98. The van der Waals surface area contributed by atoms with Gasteiger partial charge in [-0.1, -0.05) is 139 Å². The number of carboxylic acid groups (broad SMARTS) is 1. The van der Waals surface area contributed by atoms with Crippen LogP contribution in [0.5, 0.6) is 11.5 Å². The van der Waals surface area contributed by atoms with Crippen LogP contribution in [0.2, 0.25) is 0 Å². The van der Waals surface area contributed by atoms with Gasteiger partial charge in [0.15, 0.2) is 6.61 Å². The highest BCUT2D eigenvalue weighted by atomic mass is 16.5. The number of aliphatic carboxylic acids is 1. The zero-order valence-corrected chi connectivity index (χ0v) is 31.2. The van der Waals surface area contributed by atoms with Crippen LogP contribution in [0.25, 0.3) is 27.8 Å². The van der Waals surface area contributed by atoms with E-state index in [1.807, 2.05) is 19.9 Å². The van der Waals surface area contributed by atoms with Crippen LogP contribution in [-0.4, -0.2) is 30.9 Å². The molecule has 0 bridgehead atoms. The topological polar surface area (TPSA) is 65.0 Å². The molecule has 0 spiro atoms. The molecule has 0 amide bonds. The van der Waals surface area contributed by atoms with Crippen LogP contribution in [0.4, 0.5) is 0 Å². The smallest absolute Gasteiger partial charge is 0.341 e. The summed E-state index contributed by atoms with van der Waals surface area (Å²) in [5.41, 5.74) is 11.2. The number of carboxylic acids is 1. The van der Waals surface area contributed by atoms with Crippen molar-refractivity contribution in [3.63, 3.8) is 0 Å². The molecule has 5 nitrogen and oxygen atoms in total. The molecule has 0 aliphatic rings. The molecule has 5 aromatic carbocycles. The van der Waals surface area contributed by atoms with Crippen LogP contribution in [0, 0.1) is 6.92 Å². The average molecular weight is 683 g/mol. The first kappa shape index (κ1) is 37.0. The minimum absolute atomic E-state index is 0.0973. The maximum Gasteiger partial charge on any atom is 0.341 e. The number of carbonyl (C=O) groups is 1. The van der Waals surface area contributed by atoms with Crippen molar-refractivity contribution in [1.29, 1.82) is 0 Å². The molecule has 0 aliphatic heterocycles. The molecule has 0 heterocycles. The molecule has 1 N–H and O–H groups in total. The fourth-order valence-electron chi connectivity index (χ4n) is 5.99. The predicted octanol–water partition coefficient (Wildman–Crippen LogP) is 11.3. The van der Waals surface area contributed by atoms with E-state index < -0.39 is 12.6 Å². The summed E-state index contributed by atoms with van der Waals surface area (Å²) in [6, 6.07) is 40.2. The number of benzene rings is 5. The van der Waals surface area contributed by atoms with Gasteiger partial charge in [-0.25, -0.2) is 4.79 Å². The number of rotatable bonds is 12. The fourth-order valence-corrected chi connectivity index (χ4v) is 5.99. The Kier molecular flexibility index (Phi) is 11.4. The molecule has 0 unspecified atom stereocenters. The molecule has 0 saturated heterocycles. The molecule has 0 fully saturated rings. The first-order chi connectivity index (χ1) is 24.2. The molecular weight excluding hydrogens is 633 g/mol. The zero-order chi connectivity index (χ0) is 36.8. The third kappa shape index (κ3) is 9.49. The van der Waals surface area contributed by atoms with E-state index in [-0.39, 0.29) is 17.4 Å². The highest BCUT2D eigenvalue weighted by molar-refractivity contribution is 5.83. The average Bonchev–Trinajstić information content (AvgIpc) is 3.10. The van der Waals surface area contributed by atoms with Crippen molar-refractivity contribution in [2.24, 2.45) is 0 Å². The monoisotopic (exact) mass is 682 g/mol. The van der Waals surface area contributed by atoms with Crippen LogP contribution in [-0.2, 0) is 20.4 Å². The molecule has 5 heteroatoms. The third-order valence-corrected chi connectivity index (χ3v) is 8.98. The predicted molar refractivity (Wildman–Crippen MR) is 209 cm³/mol. The van der Waals surface area contributed by atoms with E-state index in [2.05, 4.69) is 139 Å². The van der Waals surface area contributed by atoms with Crippen molar-refractivity contribution in [3.05, 3.63) is 149 Å². The van der Waals surface area contributed by atoms with Crippen LogP contribution >= 0.6 is 0 Å². The Morgan fingerprint density at radius 3 is 1.39 bits per heavy atom. The maximum absolute atomic E-state index is 11.0. The normalized spacial score (nSPS) is 11.5. The molecule has 264 valence electrons. The van der Waals surface area contributed by atoms with E-state index in [4.69, 9.17) is 19.3 Å². The van der Waals surface area contributed by atoms with E-state index in [9.17, 15) is 4.79 Å². The van der Waals surface area contributed by atoms with Gasteiger partial charge < -0.3 is 19.3 Å². The van der Waals surface area contributed by atoms with Crippen molar-refractivity contribution in [2.75, 3.05) is 19.8 Å². The number of hydrogen-bond acceptors (Lipinski definition) is 4. The van der Waals surface area contributed by atoms with Gasteiger partial charge in [0, 0.05) is 5.57 Å². The summed E-state index contributed by atoms with van der Waals surface area (Å²) in [5.74, 6) is 0.833. The van der Waals surface area contributed by atoms with Crippen molar-refractivity contribution in [3.8, 4) is 33.8 Å². The van der Waals surface area contributed by atoms with Gasteiger partial charge in [-0.2, -0.15) is 0 Å². The van der Waals surface area contributed by atoms with Crippen molar-refractivity contribution < 1.29 is 24.1 Å². The summed E-state index contributed by atoms with van der Waals surface area (Å²) < 4.78 is 18.1. The van der Waals surface area contributed by atoms with Crippen molar-refractivity contribution >= 4 is 11.5 Å². The Bertz CT molecular complexity index is 1850. The Morgan fingerprint density at radius 2 is 1.02 bits per heavy atom. The summed E-state index contributed by atoms with van der Waals surface area (Å²) >= 11 is 0. The van der Waals surface area contributed by atoms with Gasteiger partial charge in [0.2, 0.25) is 0 Å². The molecule has 0 radical (unpaired) electrons. The van der Waals surface area contributed by atoms with Crippen molar-refractivity contribution in [2.45, 2.75) is 66.2 Å². The van der Waals surface area contributed by atoms with Crippen LogP contribution in [0.3, 0.4) is 0 Å². The van der Waals surface area contributed by atoms with Gasteiger partial charge in [0.05, 0.1) is 6.61 Å². The van der Waals surface area contributed by atoms with Gasteiger partial charge >= 0.3 is 5.97 Å². The Labute approximate surface area is 303 Å². The first-order valence-corrected chi connectivity index (χ1v) is 17.6. The van der Waals surface area contributed by atoms with Crippen LogP contribution < -0.4 is 9.47 Å². The molecule has 51 heavy (non-hydrogen) atoms. The summed E-state index contributed by atoms with van der Waals surface area (Å²) in [6.45, 7) is 17.5. The van der Waals surface area contributed by atoms with Crippen LogP contribution in [0.1, 0.15) is 76.3 Å². The van der Waals surface area contributed by atoms with E-state index in [0.717, 1.165) is 33.4 Å². The second-order valence-electron chi connectivity index (χ2n) is 14.9. The Balaban J connectivity index is 1.50. The summed E-state index contributed by atoms with van der Waals surface area (Å²) in [5, 5.41) is 9.01. The largest absolute Gasteiger partial charge is 0.494 e. The molecule has 0 aliphatic carbocycles. The highest BCUT2D eigenvalue weighted by Gasteiger charge is 2.18. The molecule has 5 aromatic rings. The molecule has 0 atom stereocenters. The number of hydrogen-bond donors (Lipinski definition) is 1. The van der Waals surface area contributed by atoms with E-state index in [0.29, 0.717) is 23.9 Å². The standard InChI is InChI=1S/C46H50O5/c1-9-49-42(29-50-40-26-27-41(31(2)28-40)51-30-43(47)48)44(36-14-10-32(11-15-36)34-18-22-38(23-19-34)45(3,4)5)37-16-12-33(13-17-37)35-20-24-39(25-21-35)46(6,7)8/h10-28H,9,29-30H2,1-8H3,(H,47,48). The Morgan fingerprint density at radius 1 is 0.588 bits per heavy atom. The quantitative estimate of drug-likeness (QED) is 0.133. The lowest BCUT2D eigenvalue weighted by atomic mass is 9.86. The first-order valence-electron chi connectivity index (χ1n) is 17.6. The minimum Gasteiger partial charge on any atom is -0.494 e.